The van der Waals surface area contributed by atoms with Crippen LogP contribution in [-0.4, -0.2) is 31.7 Å². The second kappa shape index (κ2) is 14.2. The third-order valence-corrected chi connectivity index (χ3v) is 7.81. The van der Waals surface area contributed by atoms with E-state index in [0.717, 1.165) is 25.9 Å². The fraction of sp³-hybridized carbons (Fsp3) is 0.724. The molecule has 1 aliphatic carbocycles. The summed E-state index contributed by atoms with van der Waals surface area (Å²) in [5.74, 6) is 0.733. The van der Waals surface area contributed by atoms with Crippen LogP contribution in [0, 0.1) is 23.6 Å². The van der Waals surface area contributed by atoms with Gasteiger partial charge in [0.2, 0.25) is 0 Å². The molecule has 1 aliphatic heterocycles. The van der Waals surface area contributed by atoms with Gasteiger partial charge in [-0.2, -0.15) is 0 Å². The fourth-order valence-corrected chi connectivity index (χ4v) is 5.59. The molecule has 4 unspecified atom stereocenters. The van der Waals surface area contributed by atoms with Gasteiger partial charge in [0, 0.05) is 12.7 Å². The Morgan fingerprint density at radius 3 is 2.56 bits per heavy atom. The lowest BCUT2D eigenvalue weighted by molar-refractivity contribution is -0.0642. The maximum atomic E-state index is 14.9. The molecular formula is C29H43F3O2. The summed E-state index contributed by atoms with van der Waals surface area (Å²) in [6.07, 6.45) is 10.7. The molecule has 2 fully saturated rings. The van der Waals surface area contributed by atoms with Gasteiger partial charge in [-0.05, 0) is 87.2 Å². The number of aryl methyl sites for hydroxylation is 1. The van der Waals surface area contributed by atoms with Gasteiger partial charge in [-0.1, -0.05) is 38.3 Å². The molecule has 0 bridgehead atoms. The first kappa shape index (κ1) is 27.1. The number of alkyl halides is 2. The minimum atomic E-state index is -1.71. The summed E-state index contributed by atoms with van der Waals surface area (Å²) in [5.41, 5.74) is 0.568. The Morgan fingerprint density at radius 1 is 1.12 bits per heavy atom. The molecule has 2 nitrogen and oxygen atoms in total. The number of halogens is 3. The van der Waals surface area contributed by atoms with Crippen LogP contribution in [0.25, 0.3) is 0 Å². The third kappa shape index (κ3) is 8.03. The Kier molecular flexibility index (Phi) is 11.3. The van der Waals surface area contributed by atoms with Gasteiger partial charge < -0.3 is 9.47 Å². The highest BCUT2D eigenvalue weighted by molar-refractivity contribution is 5.29. The van der Waals surface area contributed by atoms with Crippen molar-refractivity contribution in [1.82, 2.24) is 0 Å². The largest absolute Gasteiger partial charge is 0.490 e. The SMILES string of the molecule is C=CCCc1ccc(OCC(F)C(F)C2CCC(C3CCC(CCCCC)CO3)CC2)cc1F. The van der Waals surface area contributed by atoms with Gasteiger partial charge in [0.15, 0.2) is 6.17 Å². The first-order valence-corrected chi connectivity index (χ1v) is 13.4. The van der Waals surface area contributed by atoms with E-state index < -0.39 is 19.0 Å². The molecule has 0 radical (unpaired) electrons. The number of benzene rings is 1. The molecule has 34 heavy (non-hydrogen) atoms. The maximum absolute atomic E-state index is 14.9. The number of hydrogen-bond acceptors (Lipinski definition) is 2. The monoisotopic (exact) mass is 480 g/mol. The highest BCUT2D eigenvalue weighted by Gasteiger charge is 2.37. The van der Waals surface area contributed by atoms with E-state index in [1.807, 2.05) is 0 Å². The second-order valence-corrected chi connectivity index (χ2v) is 10.3. The quantitative estimate of drug-likeness (QED) is 0.209. The van der Waals surface area contributed by atoms with E-state index in [-0.39, 0.29) is 23.6 Å². The normalized spacial score (nSPS) is 27.2. The summed E-state index contributed by atoms with van der Waals surface area (Å²) < 4.78 is 55.2. The van der Waals surface area contributed by atoms with Crippen LogP contribution in [-0.2, 0) is 11.2 Å². The van der Waals surface area contributed by atoms with Crippen LogP contribution >= 0.6 is 0 Å². The van der Waals surface area contributed by atoms with Crippen molar-refractivity contribution in [2.75, 3.05) is 13.2 Å². The molecule has 0 N–H and O–H groups in total. The Hall–Kier alpha value is -1.49. The summed E-state index contributed by atoms with van der Waals surface area (Å²) in [5, 5.41) is 0. The smallest absolute Gasteiger partial charge is 0.165 e. The molecule has 5 heteroatoms. The second-order valence-electron chi connectivity index (χ2n) is 10.3. The van der Waals surface area contributed by atoms with Crippen molar-refractivity contribution in [1.29, 1.82) is 0 Å². The van der Waals surface area contributed by atoms with Gasteiger partial charge in [-0.25, -0.2) is 13.2 Å². The van der Waals surface area contributed by atoms with Gasteiger partial charge in [-0.15, -0.1) is 6.58 Å². The molecule has 4 atom stereocenters. The average Bonchev–Trinajstić information content (AvgIpc) is 2.87. The van der Waals surface area contributed by atoms with Crippen LogP contribution in [0.3, 0.4) is 0 Å². The van der Waals surface area contributed by atoms with Gasteiger partial charge in [0.1, 0.15) is 24.3 Å². The first-order valence-electron chi connectivity index (χ1n) is 13.4. The van der Waals surface area contributed by atoms with Crippen LogP contribution in [0.15, 0.2) is 30.9 Å². The van der Waals surface area contributed by atoms with Gasteiger partial charge >= 0.3 is 0 Å². The van der Waals surface area contributed by atoms with E-state index in [1.165, 1.54) is 38.2 Å². The van der Waals surface area contributed by atoms with Crippen molar-refractivity contribution in [2.45, 2.75) is 102 Å². The molecule has 1 saturated carbocycles. The van der Waals surface area contributed by atoms with E-state index in [1.54, 1.807) is 18.2 Å². The molecule has 0 spiro atoms. The molecule has 3 rings (SSSR count). The topological polar surface area (TPSA) is 18.5 Å². The molecule has 1 saturated heterocycles. The third-order valence-electron chi connectivity index (χ3n) is 7.81. The summed E-state index contributed by atoms with van der Waals surface area (Å²) in [4.78, 5) is 0. The first-order chi connectivity index (χ1) is 16.5. The molecule has 192 valence electrons. The number of allylic oxidation sites excluding steroid dienone is 1. The standard InChI is InChI=1S/C29H43F3O2/c1-3-5-7-8-21-10-17-28(34-19-21)23-11-13-24(14-12-23)29(32)27(31)20-33-25-16-15-22(9-6-4-2)26(30)18-25/h4,15-16,18,21,23-24,27-29H,2-3,5-14,17,19-20H2,1H3. The number of rotatable bonds is 13. The van der Waals surface area contributed by atoms with Crippen molar-refractivity contribution in [3.63, 3.8) is 0 Å². The lowest BCUT2D eigenvalue weighted by Gasteiger charge is -2.38. The van der Waals surface area contributed by atoms with Crippen LogP contribution in [0.2, 0.25) is 0 Å². The van der Waals surface area contributed by atoms with Gasteiger partial charge in [0.25, 0.3) is 0 Å². The molecular weight excluding hydrogens is 437 g/mol. The predicted octanol–water partition coefficient (Wildman–Crippen LogP) is 8.18. The van der Waals surface area contributed by atoms with Crippen LogP contribution in [0.1, 0.15) is 83.1 Å². The van der Waals surface area contributed by atoms with E-state index in [2.05, 4.69) is 13.5 Å². The van der Waals surface area contributed by atoms with Crippen LogP contribution in [0.5, 0.6) is 5.75 Å². The fourth-order valence-electron chi connectivity index (χ4n) is 5.59. The maximum Gasteiger partial charge on any atom is 0.165 e. The minimum Gasteiger partial charge on any atom is -0.490 e. The van der Waals surface area contributed by atoms with E-state index in [4.69, 9.17) is 9.47 Å². The van der Waals surface area contributed by atoms with Crippen molar-refractivity contribution in [2.24, 2.45) is 17.8 Å². The number of ether oxygens (including phenoxy) is 2. The summed E-state index contributed by atoms with van der Waals surface area (Å²) in [6.45, 7) is 6.34. The summed E-state index contributed by atoms with van der Waals surface area (Å²) in [7, 11) is 0. The van der Waals surface area contributed by atoms with Gasteiger partial charge in [-0.3, -0.25) is 0 Å². The zero-order valence-electron chi connectivity index (χ0n) is 20.8. The van der Waals surface area contributed by atoms with Crippen molar-refractivity contribution >= 4 is 0 Å². The Bertz CT molecular complexity index is 724. The summed E-state index contributed by atoms with van der Waals surface area (Å²) in [6, 6.07) is 4.50. The zero-order valence-corrected chi connectivity index (χ0v) is 20.8. The van der Waals surface area contributed by atoms with E-state index in [0.29, 0.717) is 43.1 Å². The Labute approximate surface area is 204 Å². The average molecular weight is 481 g/mol. The Morgan fingerprint density at radius 2 is 1.91 bits per heavy atom. The van der Waals surface area contributed by atoms with E-state index >= 15 is 0 Å². The molecule has 1 aromatic carbocycles. The molecule has 1 aromatic rings. The van der Waals surface area contributed by atoms with Crippen LogP contribution in [0.4, 0.5) is 13.2 Å². The highest BCUT2D eigenvalue weighted by Crippen LogP contribution is 2.39. The lowest BCUT2D eigenvalue weighted by Crippen LogP contribution is -2.38. The van der Waals surface area contributed by atoms with Gasteiger partial charge in [0.05, 0.1) is 6.10 Å². The van der Waals surface area contributed by atoms with Crippen molar-refractivity contribution in [3.8, 4) is 5.75 Å². The zero-order chi connectivity index (χ0) is 24.3. The minimum absolute atomic E-state index is 0.237. The van der Waals surface area contributed by atoms with Crippen LogP contribution < -0.4 is 4.74 Å². The highest BCUT2D eigenvalue weighted by atomic mass is 19.2. The summed E-state index contributed by atoms with van der Waals surface area (Å²) >= 11 is 0. The van der Waals surface area contributed by atoms with Crippen molar-refractivity contribution < 1.29 is 22.6 Å². The lowest BCUT2D eigenvalue weighted by atomic mass is 9.75. The predicted molar refractivity (Wildman–Crippen MR) is 132 cm³/mol. The number of hydrogen-bond donors (Lipinski definition) is 0. The molecule has 2 aliphatic rings. The molecule has 0 amide bonds. The van der Waals surface area contributed by atoms with Crippen molar-refractivity contribution in [3.05, 3.63) is 42.2 Å². The van der Waals surface area contributed by atoms with E-state index in [9.17, 15) is 13.2 Å². The molecule has 1 heterocycles. The number of unbranched alkanes of at least 4 members (excludes halogenated alkanes) is 2. The molecule has 0 aromatic heterocycles. The Balaban J connectivity index is 1.36.